The van der Waals surface area contributed by atoms with E-state index in [4.69, 9.17) is 10.8 Å². The van der Waals surface area contributed by atoms with Crippen LogP contribution in [-0.4, -0.2) is 37.7 Å². The van der Waals surface area contributed by atoms with Crippen molar-refractivity contribution in [2.75, 3.05) is 0 Å². The third-order valence-corrected chi connectivity index (χ3v) is 6.89. The van der Waals surface area contributed by atoms with E-state index in [1.807, 2.05) is 42.5 Å². The summed E-state index contributed by atoms with van der Waals surface area (Å²) in [7, 11) is 0. The summed E-state index contributed by atoms with van der Waals surface area (Å²) in [6.45, 7) is 3.25. The van der Waals surface area contributed by atoms with E-state index in [1.54, 1.807) is 13.8 Å². The number of benzene rings is 2. The predicted octanol–water partition coefficient (Wildman–Crippen LogP) is 2.04. The molecule has 0 amide bonds. The monoisotopic (exact) mass is 405 g/mol. The Balaban J connectivity index is 1.63. The molecule has 0 spiro atoms. The third kappa shape index (κ3) is 3.20. The fraction of sp³-hybridized carbons (Fsp3) is 0.350. The molecular formula is C20H20O4Se. The van der Waals surface area contributed by atoms with Crippen LogP contribution in [0.2, 0.25) is 4.82 Å². The first-order chi connectivity index (χ1) is 12.3. The van der Waals surface area contributed by atoms with Gasteiger partial charge in [-0.3, -0.25) is 0 Å². The van der Waals surface area contributed by atoms with Crippen molar-refractivity contribution in [3.63, 3.8) is 0 Å². The number of fused-ring (bicyclic) bond motifs is 3. The van der Waals surface area contributed by atoms with Crippen molar-refractivity contribution < 1.29 is 20.7 Å². The van der Waals surface area contributed by atoms with Crippen molar-refractivity contribution in [1.82, 2.24) is 0 Å². The van der Waals surface area contributed by atoms with Gasteiger partial charge in [0.1, 0.15) is 0 Å². The SMILES string of the molecule is [2H][C@@H]1c2c(ccc3c2OC(=O)C([Se]c2ccccc2)C3)O[C@@H]1C(C)(C)O. The Bertz CT molecular complexity index is 847. The van der Waals surface area contributed by atoms with Crippen molar-refractivity contribution in [2.45, 2.75) is 43.2 Å². The Morgan fingerprint density at radius 1 is 1.24 bits per heavy atom. The molecule has 4 nitrogen and oxygen atoms in total. The fourth-order valence-electron chi connectivity index (χ4n) is 3.04. The predicted molar refractivity (Wildman–Crippen MR) is 95.8 cm³/mol. The van der Waals surface area contributed by atoms with Gasteiger partial charge in [-0.1, -0.05) is 0 Å². The third-order valence-electron chi connectivity index (χ3n) is 4.40. The molecule has 0 saturated heterocycles. The maximum atomic E-state index is 12.6. The standard InChI is InChI=1S/C20H20O4Se/c1-20(2,22)17-11-14-15(23-17)9-8-12-10-16(19(21)24-18(12)14)25-13-6-4-3-5-7-13/h3-9,16-17,22H,10-11H2,1-2H3/t16?,17-/m0/s1/i11D/t11-,16?,17+/m1. The molecule has 0 aromatic heterocycles. The van der Waals surface area contributed by atoms with Gasteiger partial charge in [0.2, 0.25) is 0 Å². The van der Waals surface area contributed by atoms with Gasteiger partial charge in [-0.2, -0.15) is 0 Å². The molecular weight excluding hydrogens is 383 g/mol. The normalized spacial score (nSPS) is 25.5. The van der Waals surface area contributed by atoms with Crippen LogP contribution in [-0.2, 0) is 17.6 Å². The number of hydrogen-bond donors (Lipinski definition) is 1. The molecule has 0 saturated carbocycles. The molecule has 2 heterocycles. The van der Waals surface area contributed by atoms with E-state index < -0.39 is 18.1 Å². The minimum atomic E-state index is -1.16. The van der Waals surface area contributed by atoms with Crippen LogP contribution in [0.15, 0.2) is 42.5 Å². The van der Waals surface area contributed by atoms with E-state index >= 15 is 0 Å². The second-order valence-electron chi connectivity index (χ2n) is 6.87. The molecule has 2 aromatic rings. The van der Waals surface area contributed by atoms with Crippen molar-refractivity contribution in [3.8, 4) is 11.5 Å². The van der Waals surface area contributed by atoms with Gasteiger partial charge >= 0.3 is 154 Å². The maximum absolute atomic E-state index is 12.6. The van der Waals surface area contributed by atoms with Gasteiger partial charge in [0.25, 0.3) is 0 Å². The molecule has 0 fully saturated rings. The van der Waals surface area contributed by atoms with Crippen LogP contribution in [0.4, 0.5) is 0 Å². The van der Waals surface area contributed by atoms with Crippen LogP contribution in [0.3, 0.4) is 0 Å². The molecule has 130 valence electrons. The first-order valence-corrected chi connectivity index (χ1v) is 10.1. The quantitative estimate of drug-likeness (QED) is 0.483. The molecule has 1 N–H and O–H groups in total. The molecule has 25 heavy (non-hydrogen) atoms. The Hall–Kier alpha value is -1.81. The zero-order valence-corrected chi connectivity index (χ0v) is 15.8. The summed E-state index contributed by atoms with van der Waals surface area (Å²) in [6.07, 6.45) is -0.867. The Morgan fingerprint density at radius 2 is 2.00 bits per heavy atom. The summed E-state index contributed by atoms with van der Waals surface area (Å²) in [4.78, 5) is 12.4. The van der Waals surface area contributed by atoms with Crippen LogP contribution >= 0.6 is 0 Å². The van der Waals surface area contributed by atoms with E-state index in [9.17, 15) is 9.90 Å². The Kier molecular flexibility index (Phi) is 3.81. The van der Waals surface area contributed by atoms with Gasteiger partial charge in [-0.05, 0) is 0 Å². The summed E-state index contributed by atoms with van der Waals surface area (Å²) in [6, 6.07) is 13.7. The average molecular weight is 404 g/mol. The number of rotatable bonds is 3. The second-order valence-corrected chi connectivity index (χ2v) is 9.55. The van der Waals surface area contributed by atoms with Crippen LogP contribution in [0.25, 0.3) is 0 Å². The number of esters is 1. The van der Waals surface area contributed by atoms with E-state index in [2.05, 4.69) is 0 Å². The summed E-state index contributed by atoms with van der Waals surface area (Å²) < 4.78 is 21.1. The molecule has 2 aliphatic heterocycles. The number of aliphatic hydroxyl groups is 1. The van der Waals surface area contributed by atoms with Crippen LogP contribution in [0.5, 0.6) is 11.5 Å². The van der Waals surface area contributed by atoms with Gasteiger partial charge in [0.05, 0.1) is 0 Å². The molecule has 4 rings (SSSR count). The number of ether oxygens (including phenoxy) is 2. The van der Waals surface area contributed by atoms with E-state index in [0.29, 0.717) is 23.5 Å². The summed E-state index contributed by atoms with van der Waals surface area (Å²) >= 11 is -0.0124. The van der Waals surface area contributed by atoms with Gasteiger partial charge < -0.3 is 0 Å². The van der Waals surface area contributed by atoms with Crippen molar-refractivity contribution >= 4 is 25.4 Å². The molecule has 5 heteroatoms. The van der Waals surface area contributed by atoms with Crippen molar-refractivity contribution in [3.05, 3.63) is 53.6 Å². The minimum absolute atomic E-state index is 0.0124. The van der Waals surface area contributed by atoms with Crippen LogP contribution < -0.4 is 13.9 Å². The number of hydrogen-bond acceptors (Lipinski definition) is 4. The first kappa shape index (κ1) is 15.4. The zero-order valence-electron chi connectivity index (χ0n) is 15.1. The zero-order chi connectivity index (χ0) is 18.5. The van der Waals surface area contributed by atoms with Gasteiger partial charge in [0, 0.05) is 0 Å². The van der Waals surface area contributed by atoms with E-state index in [0.717, 1.165) is 10.0 Å². The molecule has 2 aromatic carbocycles. The van der Waals surface area contributed by atoms with Crippen LogP contribution in [0, 0.1) is 0 Å². The van der Waals surface area contributed by atoms with Gasteiger partial charge in [-0.25, -0.2) is 0 Å². The summed E-state index contributed by atoms with van der Waals surface area (Å²) in [5.41, 5.74) is 0.354. The van der Waals surface area contributed by atoms with Crippen LogP contribution in [0.1, 0.15) is 26.3 Å². The molecule has 1 unspecified atom stereocenters. The second kappa shape index (κ2) is 6.17. The topological polar surface area (TPSA) is 55.8 Å². The van der Waals surface area contributed by atoms with E-state index in [1.165, 1.54) is 0 Å². The first-order valence-electron chi connectivity index (χ1n) is 8.83. The molecule has 0 radical (unpaired) electrons. The number of carbonyl (C=O) groups excluding carboxylic acids is 1. The summed E-state index contributed by atoms with van der Waals surface area (Å²) in [5, 5.41) is 10.3. The average Bonchev–Trinajstić information content (AvgIpc) is 2.94. The Morgan fingerprint density at radius 3 is 2.72 bits per heavy atom. The summed E-state index contributed by atoms with van der Waals surface area (Å²) in [5.74, 6) is 0.740. The van der Waals surface area contributed by atoms with Gasteiger partial charge in [0.15, 0.2) is 0 Å². The Labute approximate surface area is 154 Å². The molecule has 3 atom stereocenters. The van der Waals surface area contributed by atoms with E-state index in [-0.39, 0.29) is 25.7 Å². The van der Waals surface area contributed by atoms with Crippen molar-refractivity contribution in [1.29, 1.82) is 0 Å². The molecule has 0 bridgehead atoms. The fourth-order valence-corrected chi connectivity index (χ4v) is 5.24. The molecule has 2 aliphatic rings. The van der Waals surface area contributed by atoms with Crippen molar-refractivity contribution in [2.24, 2.45) is 0 Å². The number of carbonyl (C=O) groups is 1. The molecule has 0 aliphatic carbocycles. The van der Waals surface area contributed by atoms with Gasteiger partial charge in [-0.15, -0.1) is 0 Å².